The van der Waals surface area contributed by atoms with E-state index < -0.39 is 28.2 Å². The number of carbonyl (C=O) groups excluding carboxylic acids is 2. The summed E-state index contributed by atoms with van der Waals surface area (Å²) in [6, 6.07) is 5.90. The molecule has 2 fully saturated rings. The van der Waals surface area contributed by atoms with Gasteiger partial charge in [0.25, 0.3) is 5.91 Å². The van der Waals surface area contributed by atoms with Crippen molar-refractivity contribution in [2.24, 2.45) is 7.05 Å². The number of fused-ring (bicyclic) bond motifs is 5. The molecule has 13 heteroatoms. The number of imidazole rings is 1. The Morgan fingerprint density at radius 3 is 2.77 bits per heavy atom. The van der Waals surface area contributed by atoms with E-state index in [-0.39, 0.29) is 30.5 Å². The summed E-state index contributed by atoms with van der Waals surface area (Å²) >= 11 is 0. The van der Waals surface area contributed by atoms with Gasteiger partial charge in [-0.1, -0.05) is 12.1 Å². The summed E-state index contributed by atoms with van der Waals surface area (Å²) < 4.78 is 40.9. The van der Waals surface area contributed by atoms with E-state index in [1.807, 2.05) is 28.8 Å². The van der Waals surface area contributed by atoms with Crippen molar-refractivity contribution in [3.05, 3.63) is 48.0 Å². The van der Waals surface area contributed by atoms with E-state index in [2.05, 4.69) is 20.3 Å². The number of carbonyl (C=O) groups is 2. The van der Waals surface area contributed by atoms with Crippen molar-refractivity contribution < 1.29 is 27.5 Å². The monoisotopic (exact) mass is 560 g/mol. The summed E-state index contributed by atoms with van der Waals surface area (Å²) in [4.78, 5) is 33.2. The second-order valence-corrected chi connectivity index (χ2v) is 12.3. The minimum Gasteiger partial charge on any atom is -0.493 e. The maximum absolute atomic E-state index is 13.5. The molecule has 2 amide bonds. The van der Waals surface area contributed by atoms with Gasteiger partial charge in [0, 0.05) is 51.0 Å². The Hall–Kier alpha value is -3.00. The molecule has 1 aromatic carbocycles. The summed E-state index contributed by atoms with van der Waals surface area (Å²) in [7, 11) is -1.56. The van der Waals surface area contributed by atoms with Crippen LogP contribution in [0.15, 0.2) is 36.7 Å². The highest BCUT2D eigenvalue weighted by Gasteiger charge is 2.40. The third-order valence-electron chi connectivity index (χ3n) is 7.59. The molecular formula is C26H36N6O6S. The predicted octanol–water partition coefficient (Wildman–Crippen LogP) is 0.157. The van der Waals surface area contributed by atoms with E-state index in [0.29, 0.717) is 56.7 Å². The van der Waals surface area contributed by atoms with Crippen LogP contribution in [0.1, 0.15) is 41.9 Å². The fraction of sp³-hybridized carbons (Fsp3) is 0.577. The molecule has 0 aliphatic carbocycles. The topological polar surface area (TPSA) is 144 Å². The van der Waals surface area contributed by atoms with Gasteiger partial charge in [-0.3, -0.25) is 14.5 Å². The van der Waals surface area contributed by atoms with Crippen molar-refractivity contribution >= 4 is 21.8 Å². The van der Waals surface area contributed by atoms with Gasteiger partial charge in [-0.2, -0.15) is 0 Å². The number of aryl methyl sites for hydroxylation is 1. The Bertz CT molecular complexity index is 1300. The van der Waals surface area contributed by atoms with Crippen LogP contribution in [-0.2, 0) is 33.1 Å². The molecule has 12 nitrogen and oxygen atoms in total. The lowest BCUT2D eigenvalue weighted by Crippen LogP contribution is -2.55. The number of rotatable bonds is 4. The number of nitrogens with one attached hydrogen (secondary N) is 3. The van der Waals surface area contributed by atoms with Crippen LogP contribution in [-0.4, -0.2) is 91.0 Å². The van der Waals surface area contributed by atoms with Gasteiger partial charge in [-0.15, -0.1) is 0 Å². The average Bonchev–Trinajstić information content (AvgIpc) is 3.48. The number of hydrogen-bond donors (Lipinski definition) is 3. The fourth-order valence-electron chi connectivity index (χ4n) is 5.62. The smallest absolute Gasteiger partial charge is 0.255 e. The molecule has 4 bridgehead atoms. The SMILES string of the molecule is Cn1ccnc1CN1C[C@@H]2C[C@H]1C(=O)NC[C@H]1O[C@H](CCOc3ccccc3C(=O)N2)CC[C@H]1NS(C)(=O)=O. The highest BCUT2D eigenvalue weighted by atomic mass is 32.2. The van der Waals surface area contributed by atoms with Crippen molar-refractivity contribution in [2.45, 2.75) is 62.6 Å². The molecule has 0 radical (unpaired) electrons. The zero-order chi connectivity index (χ0) is 27.6. The Morgan fingerprint density at radius 1 is 1.18 bits per heavy atom. The van der Waals surface area contributed by atoms with Crippen molar-refractivity contribution in [3.63, 3.8) is 0 Å². The van der Waals surface area contributed by atoms with E-state index in [0.717, 1.165) is 12.1 Å². The molecule has 3 N–H and O–H groups in total. The number of para-hydroxylation sites is 1. The van der Waals surface area contributed by atoms with Gasteiger partial charge < -0.3 is 24.7 Å². The number of hydrogen-bond acceptors (Lipinski definition) is 8. The Labute approximate surface area is 228 Å². The van der Waals surface area contributed by atoms with Crippen LogP contribution < -0.4 is 20.1 Å². The molecule has 3 aliphatic heterocycles. The molecule has 5 rings (SSSR count). The molecule has 2 saturated heterocycles. The number of likely N-dealkylation sites (tertiary alicyclic amines) is 1. The van der Waals surface area contributed by atoms with Crippen molar-refractivity contribution in [1.29, 1.82) is 0 Å². The van der Waals surface area contributed by atoms with Gasteiger partial charge in [-0.05, 0) is 31.4 Å². The van der Waals surface area contributed by atoms with Crippen LogP contribution in [0.2, 0.25) is 0 Å². The first kappa shape index (κ1) is 27.6. The van der Waals surface area contributed by atoms with Crippen LogP contribution in [0.3, 0.4) is 0 Å². The second kappa shape index (κ2) is 11.6. The molecule has 3 aliphatic rings. The van der Waals surface area contributed by atoms with E-state index in [4.69, 9.17) is 9.47 Å². The number of benzene rings is 1. The molecule has 1 aromatic heterocycles. The van der Waals surface area contributed by atoms with Crippen molar-refractivity contribution in [2.75, 3.05) is 26.0 Å². The highest BCUT2D eigenvalue weighted by molar-refractivity contribution is 7.88. The van der Waals surface area contributed by atoms with Gasteiger partial charge >= 0.3 is 0 Å². The summed E-state index contributed by atoms with van der Waals surface area (Å²) in [5.41, 5.74) is 0.438. The highest BCUT2D eigenvalue weighted by Crippen LogP contribution is 2.26. The van der Waals surface area contributed by atoms with Gasteiger partial charge in [0.05, 0.1) is 43.2 Å². The lowest BCUT2D eigenvalue weighted by molar-refractivity contribution is -0.127. The maximum Gasteiger partial charge on any atom is 0.255 e. The molecule has 39 heavy (non-hydrogen) atoms. The molecular weight excluding hydrogens is 524 g/mol. The molecule has 212 valence electrons. The van der Waals surface area contributed by atoms with E-state index in [9.17, 15) is 18.0 Å². The minimum atomic E-state index is -3.46. The Kier molecular flexibility index (Phi) is 8.21. The maximum atomic E-state index is 13.5. The van der Waals surface area contributed by atoms with E-state index >= 15 is 0 Å². The second-order valence-electron chi connectivity index (χ2n) is 10.6. The zero-order valence-corrected chi connectivity index (χ0v) is 23.0. The fourth-order valence-corrected chi connectivity index (χ4v) is 6.44. The van der Waals surface area contributed by atoms with Crippen LogP contribution in [0, 0.1) is 0 Å². The van der Waals surface area contributed by atoms with Gasteiger partial charge in [0.1, 0.15) is 11.6 Å². The van der Waals surface area contributed by atoms with Crippen LogP contribution in [0.4, 0.5) is 0 Å². The first-order chi connectivity index (χ1) is 18.7. The standard InChI is InChI=1S/C26H36N6O6S/c1-31-11-10-27-24(31)16-32-15-17-13-21(32)26(34)28-14-23-20(30-39(2,35)36)8-7-18(38-23)9-12-37-22-6-4-3-5-19(22)25(33)29-17/h3-6,10-11,17-18,20-21,23,30H,7-9,12-16H2,1-2H3,(H,28,34)(H,29,33)/t17-,18-,20+,21-,23+/m0/s1. The molecule has 4 heterocycles. The van der Waals surface area contributed by atoms with Gasteiger partial charge in [0.15, 0.2) is 0 Å². The Morgan fingerprint density at radius 2 is 2.00 bits per heavy atom. The lowest BCUT2D eigenvalue weighted by Gasteiger charge is -2.37. The van der Waals surface area contributed by atoms with Gasteiger partial charge in [-0.25, -0.2) is 18.1 Å². The summed E-state index contributed by atoms with van der Waals surface area (Å²) in [5, 5.41) is 6.10. The molecule has 2 aromatic rings. The van der Waals surface area contributed by atoms with Crippen molar-refractivity contribution in [1.82, 2.24) is 29.8 Å². The van der Waals surface area contributed by atoms with Crippen LogP contribution in [0.25, 0.3) is 0 Å². The van der Waals surface area contributed by atoms with E-state index in [1.165, 1.54) is 0 Å². The summed E-state index contributed by atoms with van der Waals surface area (Å²) in [6.07, 6.45) is 6.20. The molecule has 0 saturated carbocycles. The Balaban J connectivity index is 1.41. The summed E-state index contributed by atoms with van der Waals surface area (Å²) in [5.74, 6) is 0.855. The average molecular weight is 561 g/mol. The zero-order valence-electron chi connectivity index (χ0n) is 22.2. The normalized spacial score (nSPS) is 28.7. The lowest BCUT2D eigenvalue weighted by atomic mass is 9.97. The summed E-state index contributed by atoms with van der Waals surface area (Å²) in [6.45, 7) is 1.41. The molecule has 5 atom stereocenters. The van der Waals surface area contributed by atoms with Crippen LogP contribution in [0.5, 0.6) is 5.75 Å². The number of aromatic nitrogens is 2. The first-order valence-corrected chi connectivity index (χ1v) is 15.2. The minimum absolute atomic E-state index is 0.163. The number of nitrogens with zero attached hydrogens (tertiary/aromatic N) is 3. The number of amides is 2. The third-order valence-corrected chi connectivity index (χ3v) is 8.33. The number of sulfonamides is 1. The third kappa shape index (κ3) is 6.78. The van der Waals surface area contributed by atoms with Crippen LogP contribution >= 0.6 is 0 Å². The molecule has 0 unspecified atom stereocenters. The van der Waals surface area contributed by atoms with Crippen molar-refractivity contribution in [3.8, 4) is 5.75 Å². The first-order valence-electron chi connectivity index (χ1n) is 13.3. The quantitative estimate of drug-likeness (QED) is 0.480. The van der Waals surface area contributed by atoms with Gasteiger partial charge in [0.2, 0.25) is 15.9 Å². The largest absolute Gasteiger partial charge is 0.493 e. The molecule has 0 spiro atoms. The van der Waals surface area contributed by atoms with E-state index in [1.54, 1.807) is 24.4 Å². The predicted molar refractivity (Wildman–Crippen MR) is 143 cm³/mol. The number of ether oxygens (including phenoxy) is 2.